The summed E-state index contributed by atoms with van der Waals surface area (Å²) in [5.74, 6) is 0.449. The number of carbonyl (C=O) groups is 1. The topological polar surface area (TPSA) is 66.0 Å². The van der Waals surface area contributed by atoms with Gasteiger partial charge in [-0.05, 0) is 57.6 Å². The average Bonchev–Trinajstić information content (AvgIpc) is 2.92. The van der Waals surface area contributed by atoms with Crippen LogP contribution < -0.4 is 5.32 Å². The van der Waals surface area contributed by atoms with Gasteiger partial charge < -0.3 is 19.7 Å². The SMILES string of the molecule is CCOCOOC1=C(c2cc(C)ccc2C)C(=O)N[C@]12CC[C@@H](OC)CC2. The molecule has 1 fully saturated rings. The lowest BCUT2D eigenvalue weighted by Crippen LogP contribution is -2.48. The Morgan fingerprint density at radius 1 is 1.22 bits per heavy atom. The summed E-state index contributed by atoms with van der Waals surface area (Å²) in [5, 5.41) is 3.19. The van der Waals surface area contributed by atoms with E-state index in [4.69, 9.17) is 19.2 Å². The Hall–Kier alpha value is -1.89. The molecular formula is C21H29NO5. The van der Waals surface area contributed by atoms with Crippen molar-refractivity contribution >= 4 is 11.5 Å². The van der Waals surface area contributed by atoms with Crippen LogP contribution in [0, 0.1) is 13.8 Å². The highest BCUT2D eigenvalue weighted by Crippen LogP contribution is 2.44. The third-order valence-corrected chi connectivity index (χ3v) is 5.50. The van der Waals surface area contributed by atoms with Crippen molar-refractivity contribution in [3.8, 4) is 0 Å². The van der Waals surface area contributed by atoms with E-state index >= 15 is 0 Å². The Kier molecular flexibility index (Phi) is 6.19. The molecule has 6 nitrogen and oxygen atoms in total. The second-order valence-electron chi connectivity index (χ2n) is 7.31. The van der Waals surface area contributed by atoms with E-state index < -0.39 is 5.54 Å². The van der Waals surface area contributed by atoms with Crippen LogP contribution in [0.4, 0.5) is 0 Å². The van der Waals surface area contributed by atoms with Gasteiger partial charge in [0.15, 0.2) is 12.6 Å². The monoisotopic (exact) mass is 375 g/mol. The van der Waals surface area contributed by atoms with Gasteiger partial charge in [-0.3, -0.25) is 4.79 Å². The summed E-state index contributed by atoms with van der Waals surface area (Å²) in [6.07, 6.45) is 3.42. The number of hydrogen-bond acceptors (Lipinski definition) is 5. The fourth-order valence-corrected chi connectivity index (χ4v) is 3.92. The molecule has 1 aromatic carbocycles. The van der Waals surface area contributed by atoms with Crippen molar-refractivity contribution in [2.24, 2.45) is 0 Å². The second-order valence-corrected chi connectivity index (χ2v) is 7.31. The van der Waals surface area contributed by atoms with Crippen molar-refractivity contribution in [2.45, 2.75) is 58.1 Å². The zero-order chi connectivity index (χ0) is 19.4. The summed E-state index contributed by atoms with van der Waals surface area (Å²) in [7, 11) is 1.73. The number of nitrogens with one attached hydrogen (secondary N) is 1. The van der Waals surface area contributed by atoms with Crippen LogP contribution in [-0.2, 0) is 24.0 Å². The van der Waals surface area contributed by atoms with Gasteiger partial charge in [-0.25, -0.2) is 0 Å². The van der Waals surface area contributed by atoms with Gasteiger partial charge in [0.1, 0.15) is 5.54 Å². The molecule has 27 heavy (non-hydrogen) atoms. The van der Waals surface area contributed by atoms with Crippen LogP contribution in [0.5, 0.6) is 0 Å². The van der Waals surface area contributed by atoms with E-state index in [1.165, 1.54) is 0 Å². The summed E-state index contributed by atoms with van der Waals surface area (Å²) >= 11 is 0. The van der Waals surface area contributed by atoms with Gasteiger partial charge in [-0.15, -0.1) is 0 Å². The standard InChI is InChI=1S/C21H29NO5/c1-5-25-13-26-27-19-18(17-12-14(2)6-7-15(17)3)20(23)22-21(19)10-8-16(24-4)9-11-21/h6-7,12,16H,5,8-11,13H2,1-4H3,(H,22,23)/t16-,21+. The molecule has 1 N–H and O–H groups in total. The Bertz CT molecular complexity index is 719. The number of carbonyl (C=O) groups excluding carboxylic acids is 1. The largest absolute Gasteiger partial charge is 0.381 e. The maximum absolute atomic E-state index is 13.0. The van der Waals surface area contributed by atoms with E-state index in [9.17, 15) is 4.79 Å². The maximum atomic E-state index is 13.0. The minimum absolute atomic E-state index is 0.0189. The van der Waals surface area contributed by atoms with E-state index in [0.717, 1.165) is 42.4 Å². The fourth-order valence-electron chi connectivity index (χ4n) is 3.92. The third kappa shape index (κ3) is 4.03. The van der Waals surface area contributed by atoms with Crippen molar-refractivity contribution in [1.29, 1.82) is 0 Å². The first-order chi connectivity index (χ1) is 13.0. The number of methoxy groups -OCH3 is 1. The summed E-state index contributed by atoms with van der Waals surface area (Å²) in [4.78, 5) is 24.0. The van der Waals surface area contributed by atoms with Crippen LogP contribution in [-0.4, -0.2) is 38.1 Å². The van der Waals surface area contributed by atoms with Crippen molar-refractivity contribution < 1.29 is 24.0 Å². The average molecular weight is 375 g/mol. The number of hydrogen-bond donors (Lipinski definition) is 1. The minimum atomic E-state index is -0.552. The summed E-state index contributed by atoms with van der Waals surface area (Å²) < 4.78 is 10.7. The fraction of sp³-hybridized carbons (Fsp3) is 0.571. The number of amides is 1. The summed E-state index contributed by atoms with van der Waals surface area (Å²) in [6, 6.07) is 6.09. The lowest BCUT2D eigenvalue weighted by atomic mass is 9.79. The van der Waals surface area contributed by atoms with Crippen LogP contribution in [0.15, 0.2) is 24.0 Å². The molecule has 3 rings (SSSR count). The highest BCUT2D eigenvalue weighted by molar-refractivity contribution is 6.23. The van der Waals surface area contributed by atoms with E-state index in [-0.39, 0.29) is 18.8 Å². The highest BCUT2D eigenvalue weighted by Gasteiger charge is 2.50. The molecule has 2 aliphatic rings. The van der Waals surface area contributed by atoms with Crippen LogP contribution in [0.3, 0.4) is 0 Å². The summed E-state index contributed by atoms with van der Waals surface area (Å²) in [6.45, 7) is 6.45. The van der Waals surface area contributed by atoms with Gasteiger partial charge in [-0.2, -0.15) is 4.89 Å². The molecule has 1 aliphatic heterocycles. The van der Waals surface area contributed by atoms with Crippen molar-refractivity contribution in [1.82, 2.24) is 5.32 Å². The van der Waals surface area contributed by atoms with Crippen LogP contribution in [0.25, 0.3) is 5.57 Å². The Labute approximate surface area is 160 Å². The predicted octanol–water partition coefficient (Wildman–Crippen LogP) is 3.41. The molecule has 6 heteroatoms. The smallest absolute Gasteiger partial charge is 0.256 e. The predicted molar refractivity (Wildman–Crippen MR) is 102 cm³/mol. The van der Waals surface area contributed by atoms with Crippen LogP contribution in [0.2, 0.25) is 0 Å². The number of aryl methyl sites for hydroxylation is 2. The molecule has 0 aromatic heterocycles. The minimum Gasteiger partial charge on any atom is -0.381 e. The Morgan fingerprint density at radius 2 is 1.96 bits per heavy atom. The van der Waals surface area contributed by atoms with Crippen LogP contribution in [0.1, 0.15) is 49.3 Å². The molecule has 0 radical (unpaired) electrons. The first kappa shape index (κ1) is 19.9. The van der Waals surface area contributed by atoms with Gasteiger partial charge in [0, 0.05) is 13.7 Å². The normalized spacial score (nSPS) is 25.2. The van der Waals surface area contributed by atoms with Gasteiger partial charge >= 0.3 is 0 Å². The lowest BCUT2D eigenvalue weighted by molar-refractivity contribution is -0.315. The lowest BCUT2D eigenvalue weighted by Gasteiger charge is -2.37. The van der Waals surface area contributed by atoms with Gasteiger partial charge in [0.05, 0.1) is 11.7 Å². The number of benzene rings is 1. The van der Waals surface area contributed by atoms with E-state index in [2.05, 4.69) is 5.32 Å². The zero-order valence-electron chi connectivity index (χ0n) is 16.6. The van der Waals surface area contributed by atoms with E-state index in [1.54, 1.807) is 7.11 Å². The van der Waals surface area contributed by atoms with Gasteiger partial charge in [0.2, 0.25) is 0 Å². The molecule has 1 spiro atoms. The quantitative estimate of drug-likeness (QED) is 0.342. The molecule has 0 unspecified atom stereocenters. The Morgan fingerprint density at radius 3 is 2.63 bits per heavy atom. The van der Waals surface area contributed by atoms with Gasteiger partial charge in [0.25, 0.3) is 5.91 Å². The molecule has 0 bridgehead atoms. The van der Waals surface area contributed by atoms with Crippen molar-refractivity contribution in [2.75, 3.05) is 20.5 Å². The van der Waals surface area contributed by atoms with Crippen LogP contribution >= 0.6 is 0 Å². The molecular weight excluding hydrogens is 346 g/mol. The molecule has 0 saturated heterocycles. The molecule has 1 aliphatic carbocycles. The first-order valence-electron chi connectivity index (χ1n) is 9.55. The third-order valence-electron chi connectivity index (χ3n) is 5.50. The molecule has 1 aromatic rings. The second kappa shape index (κ2) is 8.42. The zero-order valence-corrected chi connectivity index (χ0v) is 16.6. The molecule has 1 saturated carbocycles. The first-order valence-corrected chi connectivity index (χ1v) is 9.55. The number of rotatable bonds is 7. The van der Waals surface area contributed by atoms with Gasteiger partial charge in [-0.1, -0.05) is 23.8 Å². The number of ether oxygens (including phenoxy) is 2. The molecule has 0 atom stereocenters. The maximum Gasteiger partial charge on any atom is 0.256 e. The molecule has 1 amide bonds. The highest BCUT2D eigenvalue weighted by atomic mass is 17.2. The molecule has 148 valence electrons. The van der Waals surface area contributed by atoms with Crippen molar-refractivity contribution in [3.63, 3.8) is 0 Å². The van der Waals surface area contributed by atoms with Crippen molar-refractivity contribution in [3.05, 3.63) is 40.6 Å². The molecule has 1 heterocycles. The van der Waals surface area contributed by atoms with E-state index in [1.807, 2.05) is 39.0 Å². The van der Waals surface area contributed by atoms with E-state index in [0.29, 0.717) is 17.9 Å². The Balaban J connectivity index is 1.99. The summed E-state index contributed by atoms with van der Waals surface area (Å²) in [5.41, 5.74) is 3.01.